The van der Waals surface area contributed by atoms with E-state index in [9.17, 15) is 4.79 Å². The van der Waals surface area contributed by atoms with Crippen LogP contribution >= 0.6 is 0 Å². The van der Waals surface area contributed by atoms with Crippen LogP contribution in [-0.2, 0) is 30.8 Å². The van der Waals surface area contributed by atoms with Gasteiger partial charge in [-0.25, -0.2) is 14.5 Å². The quantitative estimate of drug-likeness (QED) is 0.450. The molecule has 0 unspecified atom stereocenters. The Balaban J connectivity index is 1.54. The third-order valence-corrected chi connectivity index (χ3v) is 6.40. The number of carbonyl (C=O) groups is 1. The van der Waals surface area contributed by atoms with E-state index >= 15 is 0 Å². The van der Waals surface area contributed by atoms with E-state index < -0.39 is 0 Å². The Kier molecular flexibility index (Phi) is 7.72. The van der Waals surface area contributed by atoms with Crippen LogP contribution in [0.5, 0.6) is 0 Å². The highest BCUT2D eigenvalue weighted by Crippen LogP contribution is 2.31. The number of nitrogens with zero attached hydrogens (tertiary/aromatic N) is 3. The fourth-order valence-electron chi connectivity index (χ4n) is 4.31. The first-order valence-electron chi connectivity index (χ1n) is 12.1. The average Bonchev–Trinajstić information content (AvgIpc) is 3.27. The monoisotopic (exact) mass is 460 g/mol. The van der Waals surface area contributed by atoms with E-state index in [0.29, 0.717) is 19.1 Å². The number of pyridine rings is 1. The minimum atomic E-state index is -0.234. The number of fused-ring (bicyclic) bond motifs is 1. The molecule has 1 aliphatic heterocycles. The summed E-state index contributed by atoms with van der Waals surface area (Å²) in [5.41, 5.74) is 6.57. The highest BCUT2D eigenvalue weighted by Gasteiger charge is 2.22. The molecular weight excluding hydrogens is 427 g/mol. The number of ether oxygens (including phenoxy) is 1. The number of rotatable bonds is 8. The van der Waals surface area contributed by atoms with Crippen molar-refractivity contribution in [2.24, 2.45) is 0 Å². The summed E-state index contributed by atoms with van der Waals surface area (Å²) in [5.74, 6) is 0. The number of benzene rings is 1. The maximum absolute atomic E-state index is 12.6. The number of urea groups is 1. The minimum Gasteiger partial charge on any atom is -0.381 e. The van der Waals surface area contributed by atoms with Gasteiger partial charge in [-0.1, -0.05) is 36.1 Å². The van der Waals surface area contributed by atoms with Crippen molar-refractivity contribution in [1.82, 2.24) is 25.4 Å². The van der Waals surface area contributed by atoms with Crippen molar-refractivity contribution in [3.63, 3.8) is 0 Å². The van der Waals surface area contributed by atoms with E-state index in [1.807, 2.05) is 36.0 Å². The third kappa shape index (κ3) is 5.36. The summed E-state index contributed by atoms with van der Waals surface area (Å²) >= 11 is 0. The molecular formula is C25H33BN6O2. The molecule has 1 fully saturated rings. The number of nitrogens with one attached hydrogen (secondary N) is 3. The van der Waals surface area contributed by atoms with Crippen LogP contribution in [0.25, 0.3) is 11.0 Å². The Hall–Kier alpha value is -3.07. The highest BCUT2D eigenvalue weighted by atomic mass is 16.5. The lowest BCUT2D eigenvalue weighted by Gasteiger charge is -2.26. The van der Waals surface area contributed by atoms with Crippen LogP contribution in [0.15, 0.2) is 24.4 Å². The van der Waals surface area contributed by atoms with Crippen LogP contribution in [0.2, 0.25) is 0 Å². The molecule has 0 spiro atoms. The van der Waals surface area contributed by atoms with Crippen LogP contribution in [0.4, 0.5) is 10.5 Å². The summed E-state index contributed by atoms with van der Waals surface area (Å²) in [7, 11) is 5.99. The fraction of sp³-hybridized carbons (Fsp3) is 0.480. The number of amides is 2. The van der Waals surface area contributed by atoms with Gasteiger partial charge >= 0.3 is 6.03 Å². The third-order valence-electron chi connectivity index (χ3n) is 6.40. The Bertz CT molecular complexity index is 1160. The van der Waals surface area contributed by atoms with Gasteiger partial charge in [-0.05, 0) is 38.7 Å². The molecule has 3 N–H and O–H groups in total. The first-order valence-corrected chi connectivity index (χ1v) is 12.1. The van der Waals surface area contributed by atoms with Crippen molar-refractivity contribution in [3.05, 3.63) is 46.8 Å². The Morgan fingerprint density at radius 1 is 1.21 bits per heavy atom. The minimum absolute atomic E-state index is 0.234. The van der Waals surface area contributed by atoms with E-state index in [0.717, 1.165) is 83.6 Å². The number of carbonyl (C=O) groups excluding carboxylic acids is 1. The highest BCUT2D eigenvalue weighted by molar-refractivity contribution is 6.33. The summed E-state index contributed by atoms with van der Waals surface area (Å²) < 4.78 is 7.45. The molecule has 2 amide bonds. The molecule has 0 atom stereocenters. The molecule has 9 heteroatoms. The Labute approximate surface area is 202 Å². The zero-order chi connectivity index (χ0) is 24.1. The number of hydrogen-bond donors (Lipinski definition) is 3. The zero-order valence-electron chi connectivity index (χ0n) is 20.3. The molecule has 0 bridgehead atoms. The van der Waals surface area contributed by atoms with Gasteiger partial charge < -0.3 is 20.7 Å². The summed E-state index contributed by atoms with van der Waals surface area (Å²) in [4.78, 5) is 17.5. The molecule has 0 aliphatic carbocycles. The van der Waals surface area contributed by atoms with Gasteiger partial charge in [0.25, 0.3) is 0 Å². The number of aromatic nitrogens is 3. The lowest BCUT2D eigenvalue weighted by atomic mass is 9.90. The topological polar surface area (TPSA) is 93.1 Å². The molecule has 3 heterocycles. The van der Waals surface area contributed by atoms with Crippen LogP contribution in [0.1, 0.15) is 49.1 Å². The van der Waals surface area contributed by atoms with Crippen molar-refractivity contribution in [2.75, 3.05) is 18.5 Å². The Morgan fingerprint density at radius 2 is 1.97 bits per heavy atom. The number of hydrogen-bond acceptors (Lipinski definition) is 5. The molecule has 1 aliphatic rings. The van der Waals surface area contributed by atoms with Gasteiger partial charge in [0.1, 0.15) is 7.85 Å². The van der Waals surface area contributed by atoms with E-state index in [1.54, 1.807) is 0 Å². The molecule has 2 aromatic heterocycles. The van der Waals surface area contributed by atoms with Crippen molar-refractivity contribution in [1.29, 1.82) is 0 Å². The average molecular weight is 460 g/mol. The molecule has 4 rings (SSSR count). The van der Waals surface area contributed by atoms with E-state index in [1.165, 1.54) is 0 Å². The molecule has 2 radical (unpaired) electrons. The van der Waals surface area contributed by atoms with Crippen molar-refractivity contribution in [2.45, 2.75) is 65.7 Å². The van der Waals surface area contributed by atoms with Crippen molar-refractivity contribution < 1.29 is 9.53 Å². The predicted molar refractivity (Wildman–Crippen MR) is 136 cm³/mol. The van der Waals surface area contributed by atoms with Gasteiger partial charge in [-0.15, -0.1) is 0 Å². The molecule has 1 aromatic carbocycles. The standard InChI is InChI=1S/C25H33BN6O2/c1-4-22-19(14-28-25(33)27-13-17-7-6-16(3)21(26)12-17)23(30-18-8-10-34-11-9-18)20-15-29-32(5-2)24(20)31-22/h6-7,12,15,18H,4-5,8-11,13-14H2,1-3H3,(H,30,31)(H2,27,28,33). The second kappa shape index (κ2) is 10.9. The van der Waals surface area contributed by atoms with Crippen LogP contribution < -0.4 is 21.4 Å². The van der Waals surface area contributed by atoms with Crippen LogP contribution in [0, 0.1) is 6.92 Å². The number of aryl methyl sites for hydroxylation is 3. The van der Waals surface area contributed by atoms with Crippen LogP contribution in [0.3, 0.4) is 0 Å². The SMILES string of the molecule is [B]c1cc(CNC(=O)NCc2c(CC)nc3c(cnn3CC)c2NC2CCOCC2)ccc1C. The van der Waals surface area contributed by atoms with Gasteiger partial charge in [-0.3, -0.25) is 0 Å². The fourth-order valence-corrected chi connectivity index (χ4v) is 4.31. The van der Waals surface area contributed by atoms with Gasteiger partial charge in [0.05, 0.1) is 17.3 Å². The smallest absolute Gasteiger partial charge is 0.315 e. The van der Waals surface area contributed by atoms with Gasteiger partial charge in [-0.2, -0.15) is 5.10 Å². The lowest BCUT2D eigenvalue weighted by Crippen LogP contribution is -2.35. The molecule has 8 nitrogen and oxygen atoms in total. The second-order valence-corrected chi connectivity index (χ2v) is 8.72. The summed E-state index contributed by atoms with van der Waals surface area (Å²) in [5, 5.41) is 15.2. The predicted octanol–water partition coefficient (Wildman–Crippen LogP) is 2.71. The van der Waals surface area contributed by atoms with Gasteiger partial charge in [0.2, 0.25) is 0 Å². The van der Waals surface area contributed by atoms with E-state index in [-0.39, 0.29) is 6.03 Å². The summed E-state index contributed by atoms with van der Waals surface area (Å²) in [6, 6.07) is 5.91. The maximum atomic E-state index is 12.6. The molecule has 34 heavy (non-hydrogen) atoms. The van der Waals surface area contributed by atoms with E-state index in [2.05, 4.69) is 34.9 Å². The van der Waals surface area contributed by atoms with Gasteiger partial charge in [0, 0.05) is 50.1 Å². The van der Waals surface area contributed by atoms with Crippen molar-refractivity contribution in [3.8, 4) is 0 Å². The van der Waals surface area contributed by atoms with Crippen LogP contribution in [-0.4, -0.2) is 47.9 Å². The summed E-state index contributed by atoms with van der Waals surface area (Å²) in [6.07, 6.45) is 4.52. The molecule has 3 aromatic rings. The lowest BCUT2D eigenvalue weighted by molar-refractivity contribution is 0.0904. The van der Waals surface area contributed by atoms with Gasteiger partial charge in [0.15, 0.2) is 5.65 Å². The zero-order valence-corrected chi connectivity index (χ0v) is 20.3. The molecule has 0 saturated carbocycles. The van der Waals surface area contributed by atoms with Crippen molar-refractivity contribution >= 4 is 36.1 Å². The molecule has 1 saturated heterocycles. The molecule has 178 valence electrons. The van der Waals surface area contributed by atoms with E-state index in [4.69, 9.17) is 17.6 Å². The Morgan fingerprint density at radius 3 is 2.68 bits per heavy atom. The first kappa shape index (κ1) is 24.1. The first-order chi connectivity index (χ1) is 16.5. The largest absolute Gasteiger partial charge is 0.381 e. The second-order valence-electron chi connectivity index (χ2n) is 8.72. The summed E-state index contributed by atoms with van der Waals surface area (Å²) in [6.45, 7) is 9.14. The number of anilines is 1. The normalized spacial score (nSPS) is 14.3. The maximum Gasteiger partial charge on any atom is 0.315 e.